The van der Waals surface area contributed by atoms with E-state index in [2.05, 4.69) is 5.32 Å². The summed E-state index contributed by atoms with van der Waals surface area (Å²) in [5.74, 6) is -1.97. The molecule has 0 saturated carbocycles. The van der Waals surface area contributed by atoms with Crippen LogP contribution in [0, 0.1) is 0 Å². The summed E-state index contributed by atoms with van der Waals surface area (Å²) in [6.45, 7) is 0. The summed E-state index contributed by atoms with van der Waals surface area (Å²) in [6.07, 6.45) is 0.257. The third-order valence-electron chi connectivity index (χ3n) is 2.26. The van der Waals surface area contributed by atoms with Crippen molar-refractivity contribution in [3.63, 3.8) is 0 Å². The van der Waals surface area contributed by atoms with Gasteiger partial charge in [0.2, 0.25) is 0 Å². The fourth-order valence-corrected chi connectivity index (χ4v) is 1.38. The van der Waals surface area contributed by atoms with Crippen LogP contribution in [0.5, 0.6) is 0 Å². The van der Waals surface area contributed by atoms with E-state index in [0.717, 1.165) is 0 Å². The number of benzene rings is 1. The third-order valence-corrected chi connectivity index (χ3v) is 2.26. The zero-order valence-corrected chi connectivity index (χ0v) is 8.80. The number of hydrogen-bond acceptors (Lipinski definition) is 3. The molecule has 0 unspecified atom stereocenters. The maximum absolute atomic E-state index is 10.8. The number of likely N-dealkylation sites (N-methyl/N-ethyl adjacent to an activating group) is 1. The maximum Gasteiger partial charge on any atom is 0.335 e. The number of aromatic carboxylic acids is 1. The van der Waals surface area contributed by atoms with Gasteiger partial charge in [-0.25, -0.2) is 4.79 Å². The van der Waals surface area contributed by atoms with Gasteiger partial charge in [-0.2, -0.15) is 0 Å². The minimum absolute atomic E-state index is 0.165. The summed E-state index contributed by atoms with van der Waals surface area (Å²) >= 11 is 0. The van der Waals surface area contributed by atoms with Crippen LogP contribution in [0.1, 0.15) is 15.9 Å². The first-order valence-electron chi connectivity index (χ1n) is 4.77. The third kappa shape index (κ3) is 3.06. The Labute approximate surface area is 92.7 Å². The summed E-state index contributed by atoms with van der Waals surface area (Å²) in [4.78, 5) is 21.5. The molecule has 0 aliphatic heterocycles. The van der Waals surface area contributed by atoms with E-state index in [1.54, 1.807) is 19.2 Å². The number of hydrogen-bond donors (Lipinski definition) is 3. The number of rotatable bonds is 5. The van der Waals surface area contributed by atoms with Gasteiger partial charge in [-0.05, 0) is 31.2 Å². The molecule has 0 aliphatic rings. The van der Waals surface area contributed by atoms with Crippen molar-refractivity contribution in [1.82, 2.24) is 5.32 Å². The van der Waals surface area contributed by atoms with Crippen molar-refractivity contribution in [1.29, 1.82) is 0 Å². The highest BCUT2D eigenvalue weighted by Crippen LogP contribution is 2.08. The topological polar surface area (TPSA) is 86.6 Å². The predicted molar refractivity (Wildman–Crippen MR) is 57.6 cm³/mol. The van der Waals surface area contributed by atoms with Gasteiger partial charge in [0.05, 0.1) is 5.56 Å². The number of carbonyl (C=O) groups is 2. The molecule has 0 fully saturated rings. The Balaban J connectivity index is 2.84. The first-order chi connectivity index (χ1) is 7.54. The molecule has 5 nitrogen and oxygen atoms in total. The molecule has 0 radical (unpaired) electrons. The molecule has 86 valence electrons. The Morgan fingerprint density at radius 2 is 2.06 bits per heavy atom. The standard InChI is InChI=1S/C11H13NO4/c1-12-9(11(15)16)6-7-3-2-4-8(5-7)10(13)14/h2-5,9,12H,6H2,1H3,(H,13,14)(H,15,16)/t9-/m0/s1. The summed E-state index contributed by atoms with van der Waals surface area (Å²) in [6, 6.07) is 5.56. The molecule has 3 N–H and O–H groups in total. The van der Waals surface area contributed by atoms with Gasteiger partial charge in [-0.15, -0.1) is 0 Å². The molecule has 0 bridgehead atoms. The van der Waals surface area contributed by atoms with Crippen LogP contribution in [0.2, 0.25) is 0 Å². The van der Waals surface area contributed by atoms with E-state index in [1.807, 2.05) is 0 Å². The van der Waals surface area contributed by atoms with Gasteiger partial charge in [0.25, 0.3) is 0 Å². The van der Waals surface area contributed by atoms with E-state index >= 15 is 0 Å². The van der Waals surface area contributed by atoms with E-state index in [9.17, 15) is 9.59 Å². The zero-order chi connectivity index (χ0) is 12.1. The second kappa shape index (κ2) is 5.27. The Morgan fingerprint density at radius 3 is 2.56 bits per heavy atom. The Morgan fingerprint density at radius 1 is 1.38 bits per heavy atom. The molecule has 1 aromatic rings. The molecule has 5 heteroatoms. The van der Waals surface area contributed by atoms with Gasteiger partial charge in [0, 0.05) is 0 Å². The Bertz CT molecular complexity index is 403. The van der Waals surface area contributed by atoms with Crippen LogP contribution >= 0.6 is 0 Å². The van der Waals surface area contributed by atoms with Crippen molar-refractivity contribution in [2.24, 2.45) is 0 Å². The number of carboxylic acid groups (broad SMARTS) is 2. The molecule has 1 rings (SSSR count). The van der Waals surface area contributed by atoms with Crippen LogP contribution in [0.3, 0.4) is 0 Å². The Hall–Kier alpha value is -1.88. The van der Waals surface area contributed by atoms with Gasteiger partial charge < -0.3 is 15.5 Å². The first kappa shape index (κ1) is 12.2. The minimum atomic E-state index is -1.02. The van der Waals surface area contributed by atoms with Crippen LogP contribution in [0.25, 0.3) is 0 Å². The lowest BCUT2D eigenvalue weighted by Gasteiger charge is -2.11. The highest BCUT2D eigenvalue weighted by Gasteiger charge is 2.15. The van der Waals surface area contributed by atoms with E-state index in [0.29, 0.717) is 5.56 Å². The quantitative estimate of drug-likeness (QED) is 0.680. The maximum atomic E-state index is 10.8. The average molecular weight is 223 g/mol. The van der Waals surface area contributed by atoms with Crippen LogP contribution < -0.4 is 5.32 Å². The largest absolute Gasteiger partial charge is 0.480 e. The number of carboxylic acids is 2. The summed E-state index contributed by atoms with van der Waals surface area (Å²) in [5.41, 5.74) is 0.847. The molecular weight excluding hydrogens is 210 g/mol. The second-order valence-electron chi connectivity index (χ2n) is 3.39. The summed E-state index contributed by atoms with van der Waals surface area (Å²) in [5, 5.41) is 20.3. The highest BCUT2D eigenvalue weighted by atomic mass is 16.4. The van der Waals surface area contributed by atoms with Crippen LogP contribution in [-0.2, 0) is 11.2 Å². The van der Waals surface area contributed by atoms with Gasteiger partial charge >= 0.3 is 11.9 Å². The monoisotopic (exact) mass is 223 g/mol. The van der Waals surface area contributed by atoms with Gasteiger partial charge in [-0.1, -0.05) is 12.1 Å². The fraction of sp³-hybridized carbons (Fsp3) is 0.273. The van der Waals surface area contributed by atoms with Crippen LogP contribution in [0.15, 0.2) is 24.3 Å². The van der Waals surface area contributed by atoms with Crippen molar-refractivity contribution in [3.8, 4) is 0 Å². The lowest BCUT2D eigenvalue weighted by atomic mass is 10.0. The number of nitrogens with one attached hydrogen (secondary N) is 1. The normalized spacial score (nSPS) is 12.1. The summed E-state index contributed by atoms with van der Waals surface area (Å²) < 4.78 is 0. The molecule has 0 aromatic heterocycles. The minimum Gasteiger partial charge on any atom is -0.480 e. The smallest absolute Gasteiger partial charge is 0.335 e. The van der Waals surface area contributed by atoms with E-state index < -0.39 is 18.0 Å². The van der Waals surface area contributed by atoms with Crippen LogP contribution in [0.4, 0.5) is 0 Å². The van der Waals surface area contributed by atoms with E-state index in [4.69, 9.17) is 10.2 Å². The van der Waals surface area contributed by atoms with Crippen LogP contribution in [-0.4, -0.2) is 35.2 Å². The van der Waals surface area contributed by atoms with Gasteiger partial charge in [0.1, 0.15) is 6.04 Å². The van der Waals surface area contributed by atoms with E-state index in [1.165, 1.54) is 12.1 Å². The molecule has 16 heavy (non-hydrogen) atoms. The van der Waals surface area contributed by atoms with Gasteiger partial charge in [0.15, 0.2) is 0 Å². The van der Waals surface area contributed by atoms with Crippen molar-refractivity contribution in [2.75, 3.05) is 7.05 Å². The summed E-state index contributed by atoms with van der Waals surface area (Å²) in [7, 11) is 1.56. The molecule has 0 heterocycles. The lowest BCUT2D eigenvalue weighted by molar-refractivity contribution is -0.139. The Kier molecular flexibility index (Phi) is 4.02. The average Bonchev–Trinajstić information content (AvgIpc) is 2.25. The lowest BCUT2D eigenvalue weighted by Crippen LogP contribution is -2.35. The predicted octanol–water partition coefficient (Wildman–Crippen LogP) is 0.600. The second-order valence-corrected chi connectivity index (χ2v) is 3.39. The zero-order valence-electron chi connectivity index (χ0n) is 8.80. The molecule has 1 atom stereocenters. The molecular formula is C11H13NO4. The van der Waals surface area contributed by atoms with Crippen molar-refractivity contribution >= 4 is 11.9 Å². The molecule has 0 saturated heterocycles. The van der Waals surface area contributed by atoms with E-state index in [-0.39, 0.29) is 12.0 Å². The van der Waals surface area contributed by atoms with Crippen molar-refractivity contribution in [3.05, 3.63) is 35.4 Å². The molecule has 0 spiro atoms. The SMILES string of the molecule is CN[C@@H](Cc1cccc(C(=O)O)c1)C(=O)O. The van der Waals surface area contributed by atoms with Crippen molar-refractivity contribution < 1.29 is 19.8 Å². The fourth-order valence-electron chi connectivity index (χ4n) is 1.38. The van der Waals surface area contributed by atoms with Gasteiger partial charge in [-0.3, -0.25) is 4.79 Å². The molecule has 0 amide bonds. The molecule has 1 aromatic carbocycles. The molecule has 0 aliphatic carbocycles. The number of aliphatic carboxylic acids is 1. The van der Waals surface area contributed by atoms with Crippen molar-refractivity contribution in [2.45, 2.75) is 12.5 Å². The highest BCUT2D eigenvalue weighted by molar-refractivity contribution is 5.87. The first-order valence-corrected chi connectivity index (χ1v) is 4.77.